The van der Waals surface area contributed by atoms with Crippen molar-refractivity contribution in [2.45, 2.75) is 57.7 Å². The minimum absolute atomic E-state index is 0.0609. The molecular weight excluding hydrogens is 470 g/mol. The van der Waals surface area contributed by atoms with Gasteiger partial charge in [0.2, 0.25) is 12.4 Å². The van der Waals surface area contributed by atoms with Crippen molar-refractivity contribution in [2.24, 2.45) is 5.16 Å². The lowest BCUT2D eigenvalue weighted by Gasteiger charge is -2.46. The Morgan fingerprint density at radius 2 is 1.72 bits per heavy atom. The van der Waals surface area contributed by atoms with Crippen LogP contribution in [-0.4, -0.2) is 56.2 Å². The molecule has 1 aliphatic carbocycles. The van der Waals surface area contributed by atoms with E-state index in [9.17, 15) is 10.0 Å². The topological polar surface area (TPSA) is 114 Å². The summed E-state index contributed by atoms with van der Waals surface area (Å²) in [6.45, 7) is 7.62. The number of benzene rings is 2. The minimum Gasteiger partial charge on any atom is -0.493 e. The van der Waals surface area contributed by atoms with Gasteiger partial charge in [0.05, 0.1) is 26.4 Å². The van der Waals surface area contributed by atoms with Gasteiger partial charge in [-0.25, -0.2) is 4.79 Å². The smallest absolute Gasteiger partial charge is 0.343 e. The number of esters is 1. The van der Waals surface area contributed by atoms with Crippen LogP contribution >= 0.6 is 0 Å². The molecule has 36 heavy (non-hydrogen) atoms. The standard InChI is InChI=1S/C26H29NO9/c1-12(2)34-21-14-9-18-19(33-11-32-18)10-15(14)23(27-29)26(24(21)35-13(3)4)16-7-8-17(30-5)22(31-6)20(16)25(28)36-26/h7-10,12-13,21,24,29H,11H2,1-6H3/b27-23+/t21-,24-,26+/m0/s1. The van der Waals surface area contributed by atoms with Crippen LogP contribution in [-0.2, 0) is 19.8 Å². The highest BCUT2D eigenvalue weighted by molar-refractivity contribution is 6.15. The summed E-state index contributed by atoms with van der Waals surface area (Å²) in [7, 11) is 2.93. The number of carbonyl (C=O) groups is 1. The number of nitrogens with zero attached hydrogens (tertiary/aromatic N) is 1. The van der Waals surface area contributed by atoms with Crippen LogP contribution in [0.5, 0.6) is 23.0 Å². The summed E-state index contributed by atoms with van der Waals surface area (Å²) in [5.41, 5.74) is 0.190. The maximum atomic E-state index is 13.5. The molecule has 10 heteroatoms. The van der Waals surface area contributed by atoms with Crippen molar-refractivity contribution in [3.63, 3.8) is 0 Å². The molecular formula is C26H29NO9. The maximum Gasteiger partial charge on any atom is 0.343 e. The van der Waals surface area contributed by atoms with E-state index in [-0.39, 0.29) is 36.0 Å². The Balaban J connectivity index is 1.85. The third-order valence-corrected chi connectivity index (χ3v) is 6.47. The van der Waals surface area contributed by atoms with E-state index in [1.54, 1.807) is 24.3 Å². The molecule has 3 aliphatic rings. The largest absolute Gasteiger partial charge is 0.493 e. The van der Waals surface area contributed by atoms with Gasteiger partial charge in [-0.1, -0.05) is 5.16 Å². The number of hydrogen-bond acceptors (Lipinski definition) is 10. The number of fused-ring (bicyclic) bond motifs is 4. The summed E-state index contributed by atoms with van der Waals surface area (Å²) < 4.78 is 41.2. The van der Waals surface area contributed by atoms with Gasteiger partial charge in [-0.2, -0.15) is 0 Å². The molecule has 1 N–H and O–H groups in total. The summed E-state index contributed by atoms with van der Waals surface area (Å²) >= 11 is 0. The molecule has 1 spiro atoms. The van der Waals surface area contributed by atoms with Crippen LogP contribution in [0.4, 0.5) is 0 Å². The zero-order valence-corrected chi connectivity index (χ0v) is 21.0. The fourth-order valence-electron chi connectivity index (χ4n) is 5.21. The molecule has 192 valence electrons. The van der Waals surface area contributed by atoms with E-state index in [0.29, 0.717) is 33.9 Å². The van der Waals surface area contributed by atoms with E-state index in [2.05, 4.69) is 5.16 Å². The van der Waals surface area contributed by atoms with Gasteiger partial charge in [0, 0.05) is 11.1 Å². The molecule has 2 heterocycles. The van der Waals surface area contributed by atoms with Crippen LogP contribution in [0.2, 0.25) is 0 Å². The van der Waals surface area contributed by atoms with E-state index in [1.165, 1.54) is 14.2 Å². The van der Waals surface area contributed by atoms with Crippen molar-refractivity contribution in [3.8, 4) is 23.0 Å². The Labute approximate surface area is 208 Å². The summed E-state index contributed by atoms with van der Waals surface area (Å²) in [6, 6.07) is 6.89. The quantitative estimate of drug-likeness (QED) is 0.358. The fourth-order valence-corrected chi connectivity index (χ4v) is 5.21. The molecule has 2 aliphatic heterocycles. The predicted octanol–water partition coefficient (Wildman–Crippen LogP) is 3.95. The first-order valence-electron chi connectivity index (χ1n) is 11.7. The van der Waals surface area contributed by atoms with Crippen LogP contribution in [0.1, 0.15) is 60.8 Å². The van der Waals surface area contributed by atoms with Crippen LogP contribution in [0, 0.1) is 0 Å². The predicted molar refractivity (Wildman–Crippen MR) is 126 cm³/mol. The Hall–Kier alpha value is -3.50. The fraction of sp³-hybridized carbons (Fsp3) is 0.462. The Morgan fingerprint density at radius 3 is 2.33 bits per heavy atom. The summed E-state index contributed by atoms with van der Waals surface area (Å²) in [4.78, 5) is 13.5. The second-order valence-electron chi connectivity index (χ2n) is 9.30. The van der Waals surface area contributed by atoms with Crippen molar-refractivity contribution in [3.05, 3.63) is 46.5 Å². The van der Waals surface area contributed by atoms with Crippen molar-refractivity contribution < 1.29 is 43.2 Å². The molecule has 2 aromatic carbocycles. The lowest BCUT2D eigenvalue weighted by molar-refractivity contribution is -0.175. The second-order valence-corrected chi connectivity index (χ2v) is 9.30. The van der Waals surface area contributed by atoms with Crippen LogP contribution < -0.4 is 18.9 Å². The molecule has 2 aromatic rings. The third kappa shape index (κ3) is 3.39. The molecule has 0 radical (unpaired) electrons. The van der Waals surface area contributed by atoms with Crippen LogP contribution in [0.3, 0.4) is 0 Å². The molecule has 0 amide bonds. The van der Waals surface area contributed by atoms with Crippen molar-refractivity contribution >= 4 is 11.7 Å². The molecule has 10 nitrogen and oxygen atoms in total. The molecule has 0 saturated carbocycles. The Morgan fingerprint density at radius 1 is 1.03 bits per heavy atom. The molecule has 5 rings (SSSR count). The van der Waals surface area contributed by atoms with Crippen LogP contribution in [0.25, 0.3) is 0 Å². The molecule has 3 atom stereocenters. The summed E-state index contributed by atoms with van der Waals surface area (Å²) in [6.07, 6.45) is -2.13. The molecule has 0 unspecified atom stereocenters. The van der Waals surface area contributed by atoms with E-state index >= 15 is 0 Å². The normalized spacial score (nSPS) is 24.9. The number of oxime groups is 1. The van der Waals surface area contributed by atoms with E-state index in [4.69, 9.17) is 33.2 Å². The first-order chi connectivity index (χ1) is 17.3. The Kier molecular flexibility index (Phi) is 5.96. The van der Waals surface area contributed by atoms with Crippen molar-refractivity contribution in [1.29, 1.82) is 0 Å². The second kappa shape index (κ2) is 8.86. The number of rotatable bonds is 6. The average Bonchev–Trinajstić information content (AvgIpc) is 3.42. The highest BCUT2D eigenvalue weighted by atomic mass is 16.7. The summed E-state index contributed by atoms with van der Waals surface area (Å²) in [5, 5.41) is 14.1. The van der Waals surface area contributed by atoms with Gasteiger partial charge in [-0.15, -0.1) is 0 Å². The van der Waals surface area contributed by atoms with Crippen molar-refractivity contribution in [1.82, 2.24) is 0 Å². The summed E-state index contributed by atoms with van der Waals surface area (Å²) in [5.74, 6) is 0.942. The van der Waals surface area contributed by atoms with Gasteiger partial charge in [0.15, 0.2) is 23.0 Å². The zero-order valence-electron chi connectivity index (χ0n) is 21.0. The highest BCUT2D eigenvalue weighted by Gasteiger charge is 2.64. The lowest BCUT2D eigenvalue weighted by atomic mass is 9.70. The van der Waals surface area contributed by atoms with Crippen molar-refractivity contribution in [2.75, 3.05) is 21.0 Å². The van der Waals surface area contributed by atoms with Gasteiger partial charge in [0.1, 0.15) is 23.5 Å². The van der Waals surface area contributed by atoms with E-state index in [0.717, 1.165) is 0 Å². The number of methoxy groups -OCH3 is 2. The first kappa shape index (κ1) is 24.2. The zero-order chi connectivity index (χ0) is 25.8. The van der Waals surface area contributed by atoms with Gasteiger partial charge in [-0.05, 0) is 57.5 Å². The maximum absolute atomic E-state index is 13.5. The van der Waals surface area contributed by atoms with Crippen LogP contribution in [0.15, 0.2) is 29.4 Å². The van der Waals surface area contributed by atoms with E-state index < -0.39 is 23.8 Å². The SMILES string of the molecule is COc1ccc2c(c1OC)C(=O)O[C@@]21/C(=N/O)c2cc3c(cc2[C@H](OC(C)C)[C@@H]1OC(C)C)OCO3. The third-order valence-electron chi connectivity index (χ3n) is 6.47. The molecule has 0 aromatic heterocycles. The van der Waals surface area contributed by atoms with Gasteiger partial charge < -0.3 is 38.4 Å². The molecule has 0 fully saturated rings. The number of carbonyl (C=O) groups excluding carboxylic acids is 1. The van der Waals surface area contributed by atoms with Gasteiger partial charge >= 0.3 is 5.97 Å². The average molecular weight is 500 g/mol. The minimum atomic E-state index is -1.65. The monoisotopic (exact) mass is 499 g/mol. The van der Waals surface area contributed by atoms with Gasteiger partial charge in [-0.3, -0.25) is 0 Å². The first-order valence-corrected chi connectivity index (χ1v) is 11.7. The number of hydrogen-bond donors (Lipinski definition) is 1. The Bertz CT molecular complexity index is 1240. The highest BCUT2D eigenvalue weighted by Crippen LogP contribution is 2.56. The lowest BCUT2D eigenvalue weighted by Crippen LogP contribution is -2.56. The van der Waals surface area contributed by atoms with Gasteiger partial charge in [0.25, 0.3) is 0 Å². The molecule has 0 saturated heterocycles. The van der Waals surface area contributed by atoms with E-state index in [1.807, 2.05) is 27.7 Å². The number of ether oxygens (including phenoxy) is 7. The molecule has 0 bridgehead atoms.